The maximum atomic E-state index is 13.6. The summed E-state index contributed by atoms with van der Waals surface area (Å²) in [5.41, 5.74) is 0.454. The minimum Gasteiger partial charge on any atom is -0.360 e. The molecule has 1 aromatic carbocycles. The van der Waals surface area contributed by atoms with E-state index in [0.29, 0.717) is 17.1 Å². The lowest BCUT2D eigenvalue weighted by molar-refractivity contribution is -0.127. The van der Waals surface area contributed by atoms with Gasteiger partial charge in [-0.15, -0.1) is 11.8 Å². The average molecular weight is 365 g/mol. The molecule has 0 aliphatic heterocycles. The second kappa shape index (κ2) is 8.66. The number of nitrogens with zero attached hydrogens (tertiary/aromatic N) is 2. The van der Waals surface area contributed by atoms with Crippen LogP contribution in [0.5, 0.6) is 0 Å². The molecule has 0 fully saturated rings. The summed E-state index contributed by atoms with van der Waals surface area (Å²) < 4.78 is 18.5. The molecule has 0 saturated carbocycles. The van der Waals surface area contributed by atoms with Crippen molar-refractivity contribution in [3.05, 3.63) is 47.5 Å². The number of amides is 2. The highest BCUT2D eigenvalue weighted by Crippen LogP contribution is 2.16. The average Bonchev–Trinajstić information content (AvgIpc) is 2.99. The van der Waals surface area contributed by atoms with Crippen LogP contribution in [0.15, 0.2) is 34.9 Å². The lowest BCUT2D eigenvalue weighted by Gasteiger charge is -2.18. The van der Waals surface area contributed by atoms with Crippen molar-refractivity contribution in [1.29, 1.82) is 0 Å². The maximum Gasteiger partial charge on any atom is 0.238 e. The van der Waals surface area contributed by atoms with Crippen molar-refractivity contribution in [1.82, 2.24) is 10.1 Å². The predicted octanol–water partition coefficient (Wildman–Crippen LogP) is 2.84. The van der Waals surface area contributed by atoms with E-state index < -0.39 is 5.25 Å². The molecule has 0 spiro atoms. The van der Waals surface area contributed by atoms with Gasteiger partial charge in [0.1, 0.15) is 11.6 Å². The highest BCUT2D eigenvalue weighted by Gasteiger charge is 2.18. The Labute approximate surface area is 149 Å². The van der Waals surface area contributed by atoms with Gasteiger partial charge in [0, 0.05) is 25.2 Å². The summed E-state index contributed by atoms with van der Waals surface area (Å²) in [7, 11) is 1.61. The minimum absolute atomic E-state index is 0.122. The summed E-state index contributed by atoms with van der Waals surface area (Å²) in [6, 6.07) is 7.95. The van der Waals surface area contributed by atoms with E-state index in [0.717, 1.165) is 0 Å². The van der Waals surface area contributed by atoms with Crippen LogP contribution < -0.4 is 5.32 Å². The van der Waals surface area contributed by atoms with Crippen LogP contribution >= 0.6 is 11.8 Å². The van der Waals surface area contributed by atoms with Crippen LogP contribution in [-0.2, 0) is 16.1 Å². The first-order valence-electron chi connectivity index (χ1n) is 7.70. The van der Waals surface area contributed by atoms with Crippen LogP contribution in [-0.4, -0.2) is 39.9 Å². The maximum absolute atomic E-state index is 13.6. The summed E-state index contributed by atoms with van der Waals surface area (Å²) >= 11 is 1.21. The molecular formula is C17H20FN3O3S. The zero-order valence-electron chi connectivity index (χ0n) is 14.3. The number of aryl methyl sites for hydroxylation is 1. The van der Waals surface area contributed by atoms with Crippen molar-refractivity contribution in [3.63, 3.8) is 0 Å². The van der Waals surface area contributed by atoms with E-state index in [4.69, 9.17) is 4.52 Å². The molecule has 134 valence electrons. The number of rotatable bonds is 7. The molecule has 2 aromatic rings. The molecule has 1 N–H and O–H groups in total. The van der Waals surface area contributed by atoms with E-state index in [9.17, 15) is 14.0 Å². The fraction of sp³-hybridized carbons (Fsp3) is 0.353. The third-order valence-corrected chi connectivity index (χ3v) is 4.62. The summed E-state index contributed by atoms with van der Waals surface area (Å²) in [6.07, 6.45) is 0. The van der Waals surface area contributed by atoms with Crippen LogP contribution in [0.25, 0.3) is 0 Å². The van der Waals surface area contributed by atoms with Gasteiger partial charge in [0.2, 0.25) is 11.8 Å². The third kappa shape index (κ3) is 5.60. The quantitative estimate of drug-likeness (QED) is 0.817. The molecule has 1 aromatic heterocycles. The first kappa shape index (κ1) is 19.0. The number of thioether (sulfide) groups is 1. The van der Waals surface area contributed by atoms with Crippen LogP contribution in [0, 0.1) is 12.7 Å². The monoisotopic (exact) mass is 365 g/mol. The molecule has 0 unspecified atom stereocenters. The van der Waals surface area contributed by atoms with Gasteiger partial charge in [-0.2, -0.15) is 0 Å². The van der Waals surface area contributed by atoms with E-state index >= 15 is 0 Å². The number of halogens is 1. The molecular weight excluding hydrogens is 345 g/mol. The second-order valence-electron chi connectivity index (χ2n) is 5.61. The van der Waals surface area contributed by atoms with Crippen molar-refractivity contribution < 1.29 is 18.5 Å². The summed E-state index contributed by atoms with van der Waals surface area (Å²) in [5.74, 6) is 0.286. The van der Waals surface area contributed by atoms with E-state index in [1.165, 1.54) is 22.7 Å². The Hall–Kier alpha value is -2.35. The van der Waals surface area contributed by atoms with Gasteiger partial charge >= 0.3 is 0 Å². The van der Waals surface area contributed by atoms with Gasteiger partial charge in [-0.1, -0.05) is 23.4 Å². The Morgan fingerprint density at radius 3 is 2.76 bits per heavy atom. The molecule has 1 heterocycles. The van der Waals surface area contributed by atoms with Crippen molar-refractivity contribution >= 4 is 29.4 Å². The second-order valence-corrected chi connectivity index (χ2v) is 6.94. The standard InChI is InChI=1S/C17H20FN3O3S/c1-11-8-15(20-24-11)19-17(23)12(2)25-10-16(22)21(3)9-13-6-4-5-7-14(13)18/h4-8,12H,9-10H2,1-3H3,(H,19,20,23)/t12-/m1/s1. The molecule has 0 saturated heterocycles. The number of hydrogen-bond donors (Lipinski definition) is 1. The number of carbonyl (C=O) groups is 2. The summed E-state index contributed by atoms with van der Waals surface area (Å²) in [5, 5.41) is 5.87. The van der Waals surface area contributed by atoms with E-state index in [1.54, 1.807) is 45.2 Å². The molecule has 0 radical (unpaired) electrons. The minimum atomic E-state index is -0.442. The highest BCUT2D eigenvalue weighted by atomic mass is 32.2. The summed E-state index contributed by atoms with van der Waals surface area (Å²) in [4.78, 5) is 25.7. The van der Waals surface area contributed by atoms with Gasteiger partial charge in [0.25, 0.3) is 0 Å². The Morgan fingerprint density at radius 2 is 2.12 bits per heavy atom. The molecule has 2 amide bonds. The highest BCUT2D eigenvalue weighted by molar-refractivity contribution is 8.01. The molecule has 1 atom stereocenters. The molecule has 0 aliphatic carbocycles. The topological polar surface area (TPSA) is 75.4 Å². The SMILES string of the molecule is Cc1cc(NC(=O)[C@@H](C)SCC(=O)N(C)Cc2ccccc2F)no1. The van der Waals surface area contributed by atoms with Crippen molar-refractivity contribution in [3.8, 4) is 0 Å². The zero-order chi connectivity index (χ0) is 18.4. The van der Waals surface area contributed by atoms with Gasteiger partial charge in [-0.05, 0) is 19.9 Å². The fourth-order valence-corrected chi connectivity index (χ4v) is 2.83. The van der Waals surface area contributed by atoms with E-state index in [-0.39, 0.29) is 29.9 Å². The Bertz CT molecular complexity index is 750. The molecule has 8 heteroatoms. The molecule has 6 nitrogen and oxygen atoms in total. The normalized spacial score (nSPS) is 11.8. The van der Waals surface area contributed by atoms with E-state index in [1.807, 2.05) is 0 Å². The predicted molar refractivity (Wildman–Crippen MR) is 94.7 cm³/mol. The number of hydrogen-bond acceptors (Lipinski definition) is 5. The van der Waals surface area contributed by atoms with Crippen LogP contribution in [0.2, 0.25) is 0 Å². The van der Waals surface area contributed by atoms with Gasteiger partial charge in [-0.25, -0.2) is 4.39 Å². The Morgan fingerprint density at radius 1 is 1.40 bits per heavy atom. The van der Waals surface area contributed by atoms with Crippen molar-refractivity contribution in [2.75, 3.05) is 18.1 Å². The number of carbonyl (C=O) groups excluding carboxylic acids is 2. The number of aromatic nitrogens is 1. The lowest BCUT2D eigenvalue weighted by Crippen LogP contribution is -2.30. The molecule has 0 bridgehead atoms. The fourth-order valence-electron chi connectivity index (χ4n) is 2.01. The molecule has 0 aliphatic rings. The number of anilines is 1. The lowest BCUT2D eigenvalue weighted by atomic mass is 10.2. The van der Waals surface area contributed by atoms with Gasteiger partial charge < -0.3 is 14.7 Å². The first-order chi connectivity index (χ1) is 11.9. The number of benzene rings is 1. The van der Waals surface area contributed by atoms with Gasteiger partial charge in [0.05, 0.1) is 11.0 Å². The third-order valence-electron chi connectivity index (χ3n) is 3.50. The van der Waals surface area contributed by atoms with Crippen LogP contribution in [0.4, 0.5) is 10.2 Å². The van der Waals surface area contributed by atoms with Gasteiger partial charge in [0.15, 0.2) is 5.82 Å². The van der Waals surface area contributed by atoms with Gasteiger partial charge in [-0.3, -0.25) is 9.59 Å². The molecule has 2 rings (SSSR count). The van der Waals surface area contributed by atoms with Crippen LogP contribution in [0.1, 0.15) is 18.2 Å². The Kier molecular flexibility index (Phi) is 6.58. The van der Waals surface area contributed by atoms with Crippen molar-refractivity contribution in [2.24, 2.45) is 0 Å². The smallest absolute Gasteiger partial charge is 0.238 e. The summed E-state index contributed by atoms with van der Waals surface area (Å²) in [6.45, 7) is 3.62. The number of nitrogens with one attached hydrogen (secondary N) is 1. The van der Waals surface area contributed by atoms with Crippen LogP contribution in [0.3, 0.4) is 0 Å². The van der Waals surface area contributed by atoms with E-state index in [2.05, 4.69) is 10.5 Å². The zero-order valence-corrected chi connectivity index (χ0v) is 15.1. The Balaban J connectivity index is 1.80. The molecule has 25 heavy (non-hydrogen) atoms. The first-order valence-corrected chi connectivity index (χ1v) is 8.75. The largest absolute Gasteiger partial charge is 0.360 e. The van der Waals surface area contributed by atoms with Crippen molar-refractivity contribution in [2.45, 2.75) is 25.6 Å².